The molecule has 1 heterocycles. The van der Waals surface area contributed by atoms with Crippen molar-refractivity contribution in [1.82, 2.24) is 10.2 Å². The van der Waals surface area contributed by atoms with E-state index in [0.29, 0.717) is 27.2 Å². The first-order valence-electron chi connectivity index (χ1n) is 7.58. The van der Waals surface area contributed by atoms with E-state index < -0.39 is 11.8 Å². The number of benzene rings is 2. The molecule has 0 saturated carbocycles. The second-order valence-corrected chi connectivity index (χ2v) is 7.19. The van der Waals surface area contributed by atoms with Crippen LogP contribution in [0.4, 0.5) is 24.4 Å². The Morgan fingerprint density at radius 1 is 0.962 bits per heavy atom. The van der Waals surface area contributed by atoms with Crippen LogP contribution in [0.15, 0.2) is 48.5 Å². The molecule has 2 aromatic carbocycles. The first-order valence-corrected chi connectivity index (χ1v) is 9.55. The molecule has 26 heavy (non-hydrogen) atoms. The predicted molar refractivity (Wildman–Crippen MR) is 100 cm³/mol. The van der Waals surface area contributed by atoms with E-state index >= 15 is 0 Å². The number of anilines is 2. The maximum atomic E-state index is 13.6. The second-order valence-electron chi connectivity index (χ2n) is 5.14. The van der Waals surface area contributed by atoms with Gasteiger partial charge in [-0.05, 0) is 23.8 Å². The summed E-state index contributed by atoms with van der Waals surface area (Å²) in [5.74, 6) is 0.306. The number of carbonyl (C=O) groups excluding carboxylic acids is 1. The predicted octanol–water partition coefficient (Wildman–Crippen LogP) is 4.89. The Balaban J connectivity index is 1.49. The second kappa shape index (κ2) is 8.72. The molecule has 0 aliphatic heterocycles. The molecule has 0 spiro atoms. The van der Waals surface area contributed by atoms with Crippen molar-refractivity contribution in [3.63, 3.8) is 0 Å². The van der Waals surface area contributed by atoms with Gasteiger partial charge in [-0.1, -0.05) is 41.7 Å². The Labute approximate surface area is 156 Å². The summed E-state index contributed by atoms with van der Waals surface area (Å²) in [6.07, 6.45) is 0. The van der Waals surface area contributed by atoms with Crippen LogP contribution in [0.5, 0.6) is 0 Å². The monoisotopic (exact) mass is 392 g/mol. The quantitative estimate of drug-likeness (QED) is 0.627. The number of rotatable bonds is 6. The van der Waals surface area contributed by atoms with Gasteiger partial charge in [-0.2, -0.15) is 0 Å². The lowest BCUT2D eigenvalue weighted by molar-refractivity contribution is 0.262. The number of nitrogens with one attached hydrogen (secondary N) is 2. The summed E-state index contributed by atoms with van der Waals surface area (Å²) in [7, 11) is 0. The number of carbonyl (C=O) groups is 1. The van der Waals surface area contributed by atoms with Gasteiger partial charge in [-0.25, -0.2) is 13.6 Å². The van der Waals surface area contributed by atoms with Gasteiger partial charge in [-0.15, -0.1) is 22.0 Å². The molecule has 0 unspecified atom stereocenters. The molecule has 0 aliphatic rings. The normalized spacial score (nSPS) is 10.5. The van der Waals surface area contributed by atoms with Gasteiger partial charge in [0, 0.05) is 11.5 Å². The molecule has 0 radical (unpaired) electrons. The molecule has 134 valence electrons. The molecule has 3 aromatic rings. The maximum absolute atomic E-state index is 13.6. The molecule has 0 aliphatic carbocycles. The number of halogens is 2. The Kier molecular flexibility index (Phi) is 6.13. The number of amides is 2. The molecule has 1 aromatic heterocycles. The molecule has 5 nitrogen and oxygen atoms in total. The van der Waals surface area contributed by atoms with Crippen LogP contribution in [-0.2, 0) is 11.5 Å². The highest BCUT2D eigenvalue weighted by atomic mass is 32.2. The summed E-state index contributed by atoms with van der Waals surface area (Å²) in [4.78, 5) is 11.9. The zero-order chi connectivity index (χ0) is 18.4. The number of para-hydroxylation sites is 1. The lowest BCUT2D eigenvalue weighted by Crippen LogP contribution is -2.19. The zero-order valence-corrected chi connectivity index (χ0v) is 15.0. The molecule has 0 bridgehead atoms. The van der Waals surface area contributed by atoms with Gasteiger partial charge in [-0.3, -0.25) is 5.32 Å². The number of nitrogens with zero attached hydrogens (tertiary/aromatic N) is 2. The van der Waals surface area contributed by atoms with E-state index in [9.17, 15) is 13.6 Å². The molecule has 0 atom stereocenters. The van der Waals surface area contributed by atoms with E-state index in [-0.39, 0.29) is 11.5 Å². The van der Waals surface area contributed by atoms with E-state index in [1.54, 1.807) is 24.3 Å². The first kappa shape index (κ1) is 18.3. The Hall–Kier alpha value is -2.52. The van der Waals surface area contributed by atoms with Crippen molar-refractivity contribution in [3.8, 4) is 0 Å². The zero-order valence-electron chi connectivity index (χ0n) is 13.4. The highest BCUT2D eigenvalue weighted by molar-refractivity contribution is 7.97. The smallest absolute Gasteiger partial charge is 0.305 e. The fraction of sp³-hybridized carbons (Fsp3) is 0.118. The van der Waals surface area contributed by atoms with Crippen LogP contribution in [0.1, 0.15) is 10.6 Å². The largest absolute Gasteiger partial charge is 0.325 e. The topological polar surface area (TPSA) is 66.9 Å². The van der Waals surface area contributed by atoms with Crippen LogP contribution >= 0.6 is 23.1 Å². The first-order chi connectivity index (χ1) is 12.6. The summed E-state index contributed by atoms with van der Waals surface area (Å²) in [5.41, 5.74) is 0.708. The third-order valence-electron chi connectivity index (χ3n) is 3.25. The van der Waals surface area contributed by atoms with E-state index in [0.717, 1.165) is 0 Å². The molecular weight excluding hydrogens is 378 g/mol. The molecule has 9 heteroatoms. The number of thioether (sulfide) groups is 1. The Morgan fingerprint density at radius 3 is 2.46 bits per heavy atom. The molecule has 0 saturated heterocycles. The summed E-state index contributed by atoms with van der Waals surface area (Å²) < 4.78 is 27.1. The highest BCUT2D eigenvalue weighted by Gasteiger charge is 2.10. The summed E-state index contributed by atoms with van der Waals surface area (Å²) in [6.45, 7) is 0. The number of aromatic nitrogens is 2. The fourth-order valence-electron chi connectivity index (χ4n) is 2.04. The van der Waals surface area contributed by atoms with E-state index in [4.69, 9.17) is 0 Å². The van der Waals surface area contributed by atoms with E-state index in [2.05, 4.69) is 20.8 Å². The maximum Gasteiger partial charge on any atom is 0.325 e. The van der Waals surface area contributed by atoms with Crippen molar-refractivity contribution in [3.05, 3.63) is 70.7 Å². The molecule has 3 rings (SSSR count). The molecular formula is C17H14F2N4OS2. The van der Waals surface area contributed by atoms with E-state index in [1.165, 1.54) is 47.4 Å². The Morgan fingerprint density at radius 2 is 1.69 bits per heavy atom. The third kappa shape index (κ3) is 4.99. The lowest BCUT2D eigenvalue weighted by atomic mass is 10.2. The van der Waals surface area contributed by atoms with Crippen molar-refractivity contribution in [2.24, 2.45) is 0 Å². The summed E-state index contributed by atoms with van der Waals surface area (Å²) in [5, 5.41) is 13.8. The lowest BCUT2D eigenvalue weighted by Gasteiger charge is -2.05. The van der Waals surface area contributed by atoms with Crippen LogP contribution < -0.4 is 10.6 Å². The number of hydrogen-bond donors (Lipinski definition) is 2. The average molecular weight is 392 g/mol. The van der Waals surface area contributed by atoms with Crippen LogP contribution in [-0.4, -0.2) is 16.2 Å². The van der Waals surface area contributed by atoms with Gasteiger partial charge in [0.1, 0.15) is 16.6 Å². The van der Waals surface area contributed by atoms with Gasteiger partial charge in [0.25, 0.3) is 0 Å². The average Bonchev–Trinajstić information content (AvgIpc) is 3.06. The Bertz CT molecular complexity index is 904. The van der Waals surface area contributed by atoms with Crippen LogP contribution in [0, 0.1) is 11.6 Å². The van der Waals surface area contributed by atoms with Gasteiger partial charge in [0.05, 0.1) is 5.69 Å². The highest BCUT2D eigenvalue weighted by Crippen LogP contribution is 2.24. The van der Waals surface area contributed by atoms with Crippen LogP contribution in [0.3, 0.4) is 0 Å². The molecule has 0 fully saturated rings. The minimum atomic E-state index is -0.600. The van der Waals surface area contributed by atoms with Gasteiger partial charge < -0.3 is 5.32 Å². The van der Waals surface area contributed by atoms with Crippen molar-refractivity contribution >= 4 is 39.9 Å². The van der Waals surface area contributed by atoms with Crippen molar-refractivity contribution in [2.75, 3.05) is 10.6 Å². The number of urea groups is 1. The fourth-order valence-corrected chi connectivity index (χ4v) is 3.84. The van der Waals surface area contributed by atoms with Crippen LogP contribution in [0.2, 0.25) is 0 Å². The molecule has 2 amide bonds. The van der Waals surface area contributed by atoms with Gasteiger partial charge in [0.2, 0.25) is 5.13 Å². The van der Waals surface area contributed by atoms with Crippen molar-refractivity contribution in [2.45, 2.75) is 11.5 Å². The van der Waals surface area contributed by atoms with Crippen molar-refractivity contribution in [1.29, 1.82) is 0 Å². The van der Waals surface area contributed by atoms with Crippen molar-refractivity contribution < 1.29 is 13.6 Å². The third-order valence-corrected chi connectivity index (χ3v) is 5.26. The van der Waals surface area contributed by atoms with E-state index in [1.807, 2.05) is 0 Å². The summed E-state index contributed by atoms with van der Waals surface area (Å²) >= 11 is 2.71. The standard InChI is InChI=1S/C17H14F2N4OS2/c18-12-6-2-1-5-11(12)9-25-10-15-22-23-17(26-15)21-16(24)20-14-8-4-3-7-13(14)19/h1-8H,9-10H2,(H2,20,21,23,24). The minimum absolute atomic E-state index is 0.0789. The molecule has 2 N–H and O–H groups in total. The van der Waals surface area contributed by atoms with Gasteiger partial charge >= 0.3 is 6.03 Å². The number of hydrogen-bond acceptors (Lipinski definition) is 5. The summed E-state index contributed by atoms with van der Waals surface area (Å²) in [6, 6.07) is 11.9. The van der Waals surface area contributed by atoms with Crippen LogP contribution in [0.25, 0.3) is 0 Å². The minimum Gasteiger partial charge on any atom is -0.305 e. The van der Waals surface area contributed by atoms with Gasteiger partial charge in [0.15, 0.2) is 0 Å². The SMILES string of the molecule is O=C(Nc1nnc(CSCc2ccccc2F)s1)Nc1ccccc1F.